The fourth-order valence-electron chi connectivity index (χ4n) is 6.36. The highest BCUT2D eigenvalue weighted by Gasteiger charge is 2.51. The lowest BCUT2D eigenvalue weighted by Crippen LogP contribution is -2.47. The number of rotatable bonds is 5. The number of carbonyl (C=O) groups excluding carboxylic acids is 1. The number of nitrogens with zero attached hydrogens (tertiary/aromatic N) is 2. The summed E-state index contributed by atoms with van der Waals surface area (Å²) in [4.78, 5) is 12.8. The SMILES string of the molecule is O=C(CC12CC3CC(CC(C3)C1)C2)Nc1nn(Cc2ccc(F)cc2)cc1Br. The fraction of sp³-hybridized carbons (Fsp3) is 0.545. The van der Waals surface area contributed by atoms with Crippen molar-refractivity contribution in [1.29, 1.82) is 0 Å². The molecule has 4 aliphatic carbocycles. The number of aromatic nitrogens is 2. The summed E-state index contributed by atoms with van der Waals surface area (Å²) in [7, 11) is 0. The first-order valence-corrected chi connectivity index (χ1v) is 11.0. The average molecular weight is 446 g/mol. The van der Waals surface area contributed by atoms with Crippen molar-refractivity contribution in [2.75, 3.05) is 5.32 Å². The van der Waals surface area contributed by atoms with Gasteiger partial charge in [0.1, 0.15) is 5.82 Å². The molecule has 6 heteroatoms. The van der Waals surface area contributed by atoms with Gasteiger partial charge < -0.3 is 5.32 Å². The normalized spacial score (nSPS) is 30.6. The molecule has 0 atom stereocenters. The lowest BCUT2D eigenvalue weighted by Gasteiger charge is -2.56. The second-order valence-electron chi connectivity index (χ2n) is 9.29. The van der Waals surface area contributed by atoms with Gasteiger partial charge in [0.05, 0.1) is 11.0 Å². The Balaban J connectivity index is 1.24. The van der Waals surface area contributed by atoms with Crippen LogP contribution in [0.4, 0.5) is 10.2 Å². The van der Waals surface area contributed by atoms with Crippen molar-refractivity contribution < 1.29 is 9.18 Å². The number of amides is 1. The van der Waals surface area contributed by atoms with Crippen molar-refractivity contribution in [2.45, 2.75) is 51.5 Å². The number of anilines is 1. The monoisotopic (exact) mass is 445 g/mol. The quantitative estimate of drug-likeness (QED) is 0.671. The van der Waals surface area contributed by atoms with Crippen LogP contribution in [-0.4, -0.2) is 15.7 Å². The van der Waals surface area contributed by atoms with E-state index in [1.165, 1.54) is 50.7 Å². The van der Waals surface area contributed by atoms with E-state index in [9.17, 15) is 9.18 Å². The van der Waals surface area contributed by atoms with Gasteiger partial charge in [0.15, 0.2) is 5.82 Å². The van der Waals surface area contributed by atoms with Crippen LogP contribution in [0.5, 0.6) is 0 Å². The Kier molecular flexibility index (Phi) is 4.57. The minimum Gasteiger partial charge on any atom is -0.308 e. The molecule has 6 rings (SSSR count). The van der Waals surface area contributed by atoms with E-state index in [0.717, 1.165) is 27.8 Å². The largest absolute Gasteiger partial charge is 0.308 e. The third kappa shape index (κ3) is 3.63. The Morgan fingerprint density at radius 3 is 2.36 bits per heavy atom. The zero-order valence-corrected chi connectivity index (χ0v) is 17.4. The Hall–Kier alpha value is -1.69. The predicted molar refractivity (Wildman–Crippen MR) is 109 cm³/mol. The third-order valence-electron chi connectivity index (χ3n) is 6.93. The number of nitrogens with one attached hydrogen (secondary N) is 1. The van der Waals surface area contributed by atoms with E-state index in [4.69, 9.17) is 0 Å². The molecule has 0 unspecified atom stereocenters. The molecule has 4 fully saturated rings. The van der Waals surface area contributed by atoms with Gasteiger partial charge in [-0.05, 0) is 95.3 Å². The zero-order valence-electron chi connectivity index (χ0n) is 15.8. The molecule has 1 aromatic carbocycles. The molecule has 4 aliphatic rings. The van der Waals surface area contributed by atoms with Crippen molar-refractivity contribution in [1.82, 2.24) is 9.78 Å². The van der Waals surface area contributed by atoms with Gasteiger partial charge >= 0.3 is 0 Å². The summed E-state index contributed by atoms with van der Waals surface area (Å²) < 4.78 is 15.6. The highest BCUT2D eigenvalue weighted by molar-refractivity contribution is 9.10. The van der Waals surface area contributed by atoms with Gasteiger partial charge in [-0.25, -0.2) is 4.39 Å². The maximum Gasteiger partial charge on any atom is 0.226 e. The molecule has 4 saturated carbocycles. The van der Waals surface area contributed by atoms with Crippen LogP contribution in [0.3, 0.4) is 0 Å². The molecule has 1 aromatic heterocycles. The Morgan fingerprint density at radius 1 is 1.14 bits per heavy atom. The van der Waals surface area contributed by atoms with Gasteiger partial charge in [0, 0.05) is 12.6 Å². The number of carbonyl (C=O) groups is 1. The van der Waals surface area contributed by atoms with Gasteiger partial charge in [-0.3, -0.25) is 9.48 Å². The topological polar surface area (TPSA) is 46.9 Å². The van der Waals surface area contributed by atoms with Crippen molar-refractivity contribution in [3.05, 3.63) is 46.3 Å². The van der Waals surface area contributed by atoms with Crippen molar-refractivity contribution in [2.24, 2.45) is 23.2 Å². The Bertz CT molecular complexity index is 856. The molecule has 148 valence electrons. The lowest BCUT2D eigenvalue weighted by molar-refractivity contribution is -0.124. The maximum atomic E-state index is 13.1. The van der Waals surface area contributed by atoms with E-state index in [-0.39, 0.29) is 17.1 Å². The van der Waals surface area contributed by atoms with Crippen molar-refractivity contribution in [3.63, 3.8) is 0 Å². The highest BCUT2D eigenvalue weighted by atomic mass is 79.9. The summed E-state index contributed by atoms with van der Waals surface area (Å²) in [5.74, 6) is 2.94. The van der Waals surface area contributed by atoms with Gasteiger partial charge in [-0.2, -0.15) is 5.10 Å². The first kappa shape index (κ1) is 18.3. The third-order valence-corrected chi connectivity index (χ3v) is 7.51. The molecule has 28 heavy (non-hydrogen) atoms. The molecular formula is C22H25BrFN3O. The summed E-state index contributed by atoms with van der Waals surface area (Å²) in [6, 6.07) is 6.39. The summed E-state index contributed by atoms with van der Waals surface area (Å²) >= 11 is 3.51. The van der Waals surface area contributed by atoms with Crippen LogP contribution < -0.4 is 5.32 Å². The molecule has 0 aliphatic heterocycles. The van der Waals surface area contributed by atoms with E-state index >= 15 is 0 Å². The van der Waals surface area contributed by atoms with Gasteiger partial charge in [-0.15, -0.1) is 0 Å². The van der Waals surface area contributed by atoms with Crippen molar-refractivity contribution in [3.8, 4) is 0 Å². The van der Waals surface area contributed by atoms with E-state index in [1.54, 1.807) is 16.8 Å². The van der Waals surface area contributed by atoms with Crippen LogP contribution in [-0.2, 0) is 11.3 Å². The fourth-order valence-corrected chi connectivity index (χ4v) is 6.78. The Morgan fingerprint density at radius 2 is 1.75 bits per heavy atom. The molecule has 0 spiro atoms. The number of hydrogen-bond acceptors (Lipinski definition) is 2. The first-order valence-electron chi connectivity index (χ1n) is 10.2. The average Bonchev–Trinajstić information content (AvgIpc) is 2.94. The second-order valence-corrected chi connectivity index (χ2v) is 10.1. The van der Waals surface area contributed by atoms with Gasteiger partial charge in [-0.1, -0.05) is 12.1 Å². The summed E-state index contributed by atoms with van der Waals surface area (Å²) in [5.41, 5.74) is 1.19. The number of benzene rings is 1. The zero-order chi connectivity index (χ0) is 19.3. The molecule has 1 N–H and O–H groups in total. The molecule has 4 nitrogen and oxygen atoms in total. The number of hydrogen-bond donors (Lipinski definition) is 1. The summed E-state index contributed by atoms with van der Waals surface area (Å²) in [6.07, 6.45) is 10.3. The highest BCUT2D eigenvalue weighted by Crippen LogP contribution is 2.61. The first-order chi connectivity index (χ1) is 13.5. The second kappa shape index (κ2) is 6.97. The molecule has 4 bridgehead atoms. The van der Waals surface area contributed by atoms with Crippen LogP contribution >= 0.6 is 15.9 Å². The predicted octanol–water partition coefficient (Wildman–Crippen LogP) is 5.38. The van der Waals surface area contributed by atoms with Crippen molar-refractivity contribution >= 4 is 27.7 Å². The van der Waals surface area contributed by atoms with E-state index in [2.05, 4.69) is 26.3 Å². The Labute approximate surface area is 173 Å². The molecule has 0 radical (unpaired) electrons. The molecule has 1 heterocycles. The van der Waals surface area contributed by atoms with Crippen LogP contribution in [0.25, 0.3) is 0 Å². The summed E-state index contributed by atoms with van der Waals surface area (Å²) in [6.45, 7) is 0.531. The van der Waals surface area contributed by atoms with Gasteiger partial charge in [0.2, 0.25) is 5.91 Å². The minimum absolute atomic E-state index is 0.0784. The van der Waals surface area contributed by atoms with Crippen LogP contribution in [0.15, 0.2) is 34.9 Å². The minimum atomic E-state index is -0.247. The smallest absolute Gasteiger partial charge is 0.226 e. The van der Waals surface area contributed by atoms with Crippen LogP contribution in [0.1, 0.15) is 50.5 Å². The lowest BCUT2D eigenvalue weighted by atomic mass is 9.49. The molecule has 2 aromatic rings. The molecule has 1 amide bonds. The van der Waals surface area contributed by atoms with E-state index in [1.807, 2.05) is 6.20 Å². The number of halogens is 2. The summed E-state index contributed by atoms with van der Waals surface area (Å²) in [5, 5.41) is 7.53. The molecular weight excluding hydrogens is 421 g/mol. The standard InChI is InChI=1S/C22H25BrFN3O/c23-19-13-27(12-14-1-3-18(24)4-2-14)26-21(19)25-20(28)11-22-8-15-5-16(9-22)7-17(6-15)10-22/h1-4,13,15-17H,5-12H2,(H,25,26,28). The van der Waals surface area contributed by atoms with E-state index < -0.39 is 0 Å². The van der Waals surface area contributed by atoms with Crippen LogP contribution in [0, 0.1) is 29.0 Å². The van der Waals surface area contributed by atoms with Crippen LogP contribution in [0.2, 0.25) is 0 Å². The molecule has 0 saturated heterocycles. The van der Waals surface area contributed by atoms with Gasteiger partial charge in [0.25, 0.3) is 0 Å². The maximum absolute atomic E-state index is 13.1. The van der Waals surface area contributed by atoms with E-state index in [0.29, 0.717) is 18.8 Å².